The van der Waals surface area contributed by atoms with Crippen LogP contribution in [-0.4, -0.2) is 31.5 Å². The maximum atomic E-state index is 5.44. The van der Waals surface area contributed by atoms with Crippen molar-refractivity contribution in [1.29, 1.82) is 0 Å². The molecule has 0 spiro atoms. The molecule has 0 amide bonds. The van der Waals surface area contributed by atoms with Crippen molar-refractivity contribution in [2.75, 3.05) is 17.2 Å². The molecule has 21 heavy (non-hydrogen) atoms. The standard InChI is InChI=1S/C13H17N7O/c1-3-4-14-13-19-11(10-12(20-13)18-7-17-10)16-6-9-15-5-8(2)21-9/h5,7H,3-4,6H2,1-2H3,(H3,14,16,17,18,19,20). The number of hydrogen-bond donors (Lipinski definition) is 3. The highest BCUT2D eigenvalue weighted by Crippen LogP contribution is 2.19. The van der Waals surface area contributed by atoms with Crippen LogP contribution in [0.3, 0.4) is 0 Å². The van der Waals surface area contributed by atoms with Gasteiger partial charge in [-0.15, -0.1) is 0 Å². The van der Waals surface area contributed by atoms with Crippen molar-refractivity contribution in [1.82, 2.24) is 24.9 Å². The van der Waals surface area contributed by atoms with E-state index in [1.807, 2.05) is 6.92 Å². The van der Waals surface area contributed by atoms with Gasteiger partial charge in [0.2, 0.25) is 11.8 Å². The third-order valence-electron chi connectivity index (χ3n) is 2.89. The third-order valence-corrected chi connectivity index (χ3v) is 2.89. The van der Waals surface area contributed by atoms with Crippen molar-refractivity contribution in [3.63, 3.8) is 0 Å². The Morgan fingerprint density at radius 1 is 1.24 bits per heavy atom. The molecule has 0 fully saturated rings. The molecule has 0 atom stereocenters. The molecule has 0 saturated heterocycles. The molecule has 8 nitrogen and oxygen atoms in total. The summed E-state index contributed by atoms with van der Waals surface area (Å²) in [5.41, 5.74) is 1.38. The zero-order valence-electron chi connectivity index (χ0n) is 12.0. The summed E-state index contributed by atoms with van der Waals surface area (Å²) >= 11 is 0. The Kier molecular flexibility index (Phi) is 3.67. The van der Waals surface area contributed by atoms with Gasteiger partial charge in [-0.3, -0.25) is 0 Å². The van der Waals surface area contributed by atoms with Gasteiger partial charge >= 0.3 is 0 Å². The van der Waals surface area contributed by atoms with Crippen molar-refractivity contribution < 1.29 is 4.42 Å². The second-order valence-corrected chi connectivity index (χ2v) is 4.64. The van der Waals surface area contributed by atoms with Crippen molar-refractivity contribution in [3.8, 4) is 0 Å². The van der Waals surface area contributed by atoms with Gasteiger partial charge < -0.3 is 20.0 Å². The van der Waals surface area contributed by atoms with E-state index in [-0.39, 0.29) is 0 Å². The Morgan fingerprint density at radius 3 is 2.90 bits per heavy atom. The summed E-state index contributed by atoms with van der Waals surface area (Å²) < 4.78 is 5.44. The molecular weight excluding hydrogens is 270 g/mol. The number of H-pyrrole nitrogens is 1. The van der Waals surface area contributed by atoms with E-state index >= 15 is 0 Å². The van der Waals surface area contributed by atoms with Gasteiger partial charge in [0.1, 0.15) is 11.3 Å². The van der Waals surface area contributed by atoms with Gasteiger partial charge in [0.15, 0.2) is 11.5 Å². The predicted octanol–water partition coefficient (Wildman–Crippen LogP) is 2.08. The van der Waals surface area contributed by atoms with Gasteiger partial charge in [-0.25, -0.2) is 9.97 Å². The molecule has 3 N–H and O–H groups in total. The predicted molar refractivity (Wildman–Crippen MR) is 79.0 cm³/mol. The average molecular weight is 287 g/mol. The molecule has 0 aliphatic heterocycles. The molecule has 0 aromatic carbocycles. The maximum Gasteiger partial charge on any atom is 0.226 e. The van der Waals surface area contributed by atoms with Crippen LogP contribution in [0.5, 0.6) is 0 Å². The minimum absolute atomic E-state index is 0.451. The Morgan fingerprint density at radius 2 is 2.14 bits per heavy atom. The van der Waals surface area contributed by atoms with E-state index in [2.05, 4.69) is 42.5 Å². The van der Waals surface area contributed by atoms with E-state index in [0.29, 0.717) is 29.8 Å². The van der Waals surface area contributed by atoms with Gasteiger partial charge in [-0.1, -0.05) is 6.92 Å². The minimum atomic E-state index is 0.451. The third kappa shape index (κ3) is 2.93. The largest absolute Gasteiger partial charge is 0.444 e. The average Bonchev–Trinajstić information content (AvgIpc) is 3.11. The first-order valence-electron chi connectivity index (χ1n) is 6.86. The summed E-state index contributed by atoms with van der Waals surface area (Å²) in [6.07, 6.45) is 4.29. The van der Waals surface area contributed by atoms with E-state index in [9.17, 15) is 0 Å². The van der Waals surface area contributed by atoms with Crippen LogP contribution in [0.15, 0.2) is 16.9 Å². The lowest BCUT2D eigenvalue weighted by Crippen LogP contribution is -2.08. The van der Waals surface area contributed by atoms with E-state index in [1.165, 1.54) is 0 Å². The highest BCUT2D eigenvalue weighted by atomic mass is 16.4. The molecule has 0 saturated carbocycles. The topological polar surface area (TPSA) is 105 Å². The molecule has 0 unspecified atom stereocenters. The van der Waals surface area contributed by atoms with Gasteiger partial charge in [-0.2, -0.15) is 9.97 Å². The monoisotopic (exact) mass is 287 g/mol. The lowest BCUT2D eigenvalue weighted by atomic mass is 10.4. The Hall–Kier alpha value is -2.64. The fourth-order valence-electron chi connectivity index (χ4n) is 1.92. The number of aromatic amines is 1. The van der Waals surface area contributed by atoms with Gasteiger partial charge in [0, 0.05) is 6.54 Å². The number of aromatic nitrogens is 5. The smallest absolute Gasteiger partial charge is 0.226 e. The number of hydrogen-bond acceptors (Lipinski definition) is 7. The zero-order chi connectivity index (χ0) is 14.7. The summed E-state index contributed by atoms with van der Waals surface area (Å²) in [5.74, 6) is 2.63. The normalized spacial score (nSPS) is 11.0. The maximum absolute atomic E-state index is 5.44. The van der Waals surface area contributed by atoms with Crippen LogP contribution in [-0.2, 0) is 6.54 Å². The number of oxazole rings is 1. The van der Waals surface area contributed by atoms with Crippen LogP contribution in [0.2, 0.25) is 0 Å². The van der Waals surface area contributed by atoms with Gasteiger partial charge in [0.05, 0.1) is 19.1 Å². The van der Waals surface area contributed by atoms with E-state index in [4.69, 9.17) is 4.42 Å². The van der Waals surface area contributed by atoms with Crippen LogP contribution < -0.4 is 10.6 Å². The molecule has 0 aliphatic rings. The lowest BCUT2D eigenvalue weighted by Gasteiger charge is -2.07. The van der Waals surface area contributed by atoms with Crippen molar-refractivity contribution in [2.45, 2.75) is 26.8 Å². The van der Waals surface area contributed by atoms with Crippen LogP contribution >= 0.6 is 0 Å². The summed E-state index contributed by atoms with van der Waals surface area (Å²) in [4.78, 5) is 20.2. The summed E-state index contributed by atoms with van der Waals surface area (Å²) in [5, 5.41) is 6.37. The molecule has 0 bridgehead atoms. The van der Waals surface area contributed by atoms with E-state index in [1.54, 1.807) is 12.5 Å². The first kappa shape index (κ1) is 13.3. The molecule has 3 aromatic heterocycles. The van der Waals surface area contributed by atoms with Gasteiger partial charge in [0.25, 0.3) is 0 Å². The van der Waals surface area contributed by atoms with Crippen LogP contribution in [0.4, 0.5) is 11.8 Å². The second kappa shape index (κ2) is 5.78. The number of aryl methyl sites for hydroxylation is 1. The summed E-state index contributed by atoms with van der Waals surface area (Å²) in [7, 11) is 0. The number of rotatable bonds is 6. The summed E-state index contributed by atoms with van der Waals surface area (Å²) in [6, 6.07) is 0. The number of nitrogens with one attached hydrogen (secondary N) is 3. The van der Waals surface area contributed by atoms with Crippen molar-refractivity contribution in [2.24, 2.45) is 0 Å². The van der Waals surface area contributed by atoms with Crippen molar-refractivity contribution in [3.05, 3.63) is 24.2 Å². The van der Waals surface area contributed by atoms with Crippen LogP contribution in [0.25, 0.3) is 11.2 Å². The number of anilines is 2. The molecular formula is C13H17N7O. The van der Waals surface area contributed by atoms with Crippen molar-refractivity contribution >= 4 is 22.9 Å². The number of nitrogens with zero attached hydrogens (tertiary/aromatic N) is 4. The number of imidazole rings is 1. The molecule has 0 aliphatic carbocycles. The quantitative estimate of drug-likeness (QED) is 0.637. The fourth-order valence-corrected chi connectivity index (χ4v) is 1.92. The molecule has 3 aromatic rings. The Labute approximate surface area is 121 Å². The van der Waals surface area contributed by atoms with E-state index in [0.717, 1.165) is 24.2 Å². The molecule has 3 heterocycles. The Balaban J connectivity index is 1.83. The van der Waals surface area contributed by atoms with Gasteiger partial charge in [-0.05, 0) is 13.3 Å². The molecule has 110 valence electrons. The summed E-state index contributed by atoms with van der Waals surface area (Å²) in [6.45, 7) is 5.21. The molecule has 3 rings (SSSR count). The zero-order valence-corrected chi connectivity index (χ0v) is 12.0. The number of fused-ring (bicyclic) bond motifs is 1. The van der Waals surface area contributed by atoms with E-state index < -0.39 is 0 Å². The minimum Gasteiger partial charge on any atom is -0.444 e. The van der Waals surface area contributed by atoms with Crippen LogP contribution in [0, 0.1) is 6.92 Å². The molecule has 0 radical (unpaired) electrons. The molecule has 8 heteroatoms. The highest BCUT2D eigenvalue weighted by Gasteiger charge is 2.10. The Bertz CT molecular complexity index is 733. The second-order valence-electron chi connectivity index (χ2n) is 4.64. The van der Waals surface area contributed by atoms with Crippen LogP contribution in [0.1, 0.15) is 25.0 Å². The lowest BCUT2D eigenvalue weighted by molar-refractivity contribution is 0.479. The first-order valence-corrected chi connectivity index (χ1v) is 6.86. The fraction of sp³-hybridized carbons (Fsp3) is 0.385. The first-order chi connectivity index (χ1) is 10.3. The SMILES string of the molecule is CCCNc1nc(NCc2ncc(C)o2)c2[nH]cnc2n1. The highest BCUT2D eigenvalue weighted by molar-refractivity contribution is 5.83.